The molecule has 0 radical (unpaired) electrons. The number of hydroxylamine groups is 1. The van der Waals surface area contributed by atoms with Crippen LogP contribution in [0.1, 0.15) is 36.0 Å². The van der Waals surface area contributed by atoms with Crippen LogP contribution in [0.4, 0.5) is 0 Å². The Morgan fingerprint density at radius 1 is 0.795 bits per heavy atom. The highest BCUT2D eigenvalue weighted by molar-refractivity contribution is 5.90. The van der Waals surface area contributed by atoms with E-state index in [0.717, 1.165) is 22.4 Å². The monoisotopic (exact) mass is 531 g/mol. The van der Waals surface area contributed by atoms with Gasteiger partial charge in [0.25, 0.3) is 0 Å². The van der Waals surface area contributed by atoms with Gasteiger partial charge >= 0.3 is 0 Å². The Morgan fingerprint density at radius 3 is 2.03 bits per heavy atom. The molecule has 2 atom stereocenters. The fraction of sp³-hybridized carbons (Fsp3) is 0.323. The zero-order valence-corrected chi connectivity index (χ0v) is 22.3. The van der Waals surface area contributed by atoms with E-state index in [1.165, 1.54) is 0 Å². The van der Waals surface area contributed by atoms with Crippen molar-refractivity contribution in [2.45, 2.75) is 44.6 Å². The predicted octanol–water partition coefficient (Wildman–Crippen LogP) is 3.62. The van der Waals surface area contributed by atoms with Crippen LogP contribution in [0.15, 0.2) is 84.9 Å². The van der Waals surface area contributed by atoms with Gasteiger partial charge < -0.3 is 15.4 Å². The summed E-state index contributed by atoms with van der Waals surface area (Å²) in [5, 5.41) is 14.9. The zero-order chi connectivity index (χ0) is 27.9. The Hall–Kier alpha value is -4.17. The van der Waals surface area contributed by atoms with E-state index < -0.39 is 23.8 Å². The first-order chi connectivity index (χ1) is 19.0. The van der Waals surface area contributed by atoms with Gasteiger partial charge in [-0.3, -0.25) is 19.6 Å². The maximum atomic E-state index is 13.4. The van der Waals surface area contributed by atoms with Crippen LogP contribution in [-0.4, -0.2) is 42.6 Å². The molecule has 0 aliphatic rings. The van der Waals surface area contributed by atoms with Crippen LogP contribution in [0.3, 0.4) is 0 Å². The minimum atomic E-state index is -0.808. The van der Waals surface area contributed by atoms with Crippen molar-refractivity contribution >= 4 is 17.7 Å². The standard InChI is InChI=1S/C31H37N3O5/c1-39-27-17-15-24(16-18-27)13-8-14-26(22-29(35)34-38)30(36)33-28(21-25-11-6-3-7-12-25)31(37)32-20-19-23-9-4-2-5-10-23/h2-7,9-12,15-18,26,28,38H,8,13-14,19-22H2,1H3,(H,32,37)(H,33,36)(H,34,35)/t26-,28+/m0/s1. The van der Waals surface area contributed by atoms with Crippen molar-refractivity contribution in [3.05, 3.63) is 102 Å². The highest BCUT2D eigenvalue weighted by Crippen LogP contribution is 2.18. The van der Waals surface area contributed by atoms with E-state index in [4.69, 9.17) is 9.94 Å². The minimum Gasteiger partial charge on any atom is -0.497 e. The molecule has 39 heavy (non-hydrogen) atoms. The van der Waals surface area contributed by atoms with Crippen LogP contribution < -0.4 is 20.9 Å². The van der Waals surface area contributed by atoms with E-state index in [-0.39, 0.29) is 12.3 Å². The van der Waals surface area contributed by atoms with Gasteiger partial charge in [-0.1, -0.05) is 72.8 Å². The average molecular weight is 532 g/mol. The predicted molar refractivity (Wildman–Crippen MR) is 149 cm³/mol. The summed E-state index contributed by atoms with van der Waals surface area (Å²) in [5.74, 6) is -1.27. The number of hydrogen-bond donors (Lipinski definition) is 4. The highest BCUT2D eigenvalue weighted by atomic mass is 16.5. The molecule has 4 N–H and O–H groups in total. The SMILES string of the molecule is COc1ccc(CCC[C@@H](CC(=O)NO)C(=O)N[C@H](Cc2ccccc2)C(=O)NCCc2ccccc2)cc1. The number of rotatable bonds is 15. The van der Waals surface area contributed by atoms with E-state index in [9.17, 15) is 14.4 Å². The number of nitrogens with one attached hydrogen (secondary N) is 3. The van der Waals surface area contributed by atoms with Crippen LogP contribution in [0, 0.1) is 5.92 Å². The summed E-state index contributed by atoms with van der Waals surface area (Å²) in [6.07, 6.45) is 2.58. The lowest BCUT2D eigenvalue weighted by molar-refractivity contribution is -0.136. The lowest BCUT2D eigenvalue weighted by Gasteiger charge is -2.22. The Balaban J connectivity index is 1.64. The Bertz CT molecular complexity index is 1170. The van der Waals surface area contributed by atoms with Crippen LogP contribution in [0.2, 0.25) is 0 Å². The fourth-order valence-corrected chi connectivity index (χ4v) is 4.39. The van der Waals surface area contributed by atoms with Gasteiger partial charge in [-0.05, 0) is 54.5 Å². The van der Waals surface area contributed by atoms with Gasteiger partial charge in [-0.15, -0.1) is 0 Å². The number of aryl methyl sites for hydroxylation is 1. The Kier molecular flexibility index (Phi) is 12.0. The van der Waals surface area contributed by atoms with E-state index in [1.807, 2.05) is 84.9 Å². The molecule has 0 saturated carbocycles. The molecular weight excluding hydrogens is 494 g/mol. The highest BCUT2D eigenvalue weighted by Gasteiger charge is 2.27. The van der Waals surface area contributed by atoms with E-state index >= 15 is 0 Å². The molecule has 0 aromatic heterocycles. The summed E-state index contributed by atoms with van der Waals surface area (Å²) in [7, 11) is 1.61. The third kappa shape index (κ3) is 10.2. The molecular formula is C31H37N3O5. The molecule has 3 aromatic rings. The van der Waals surface area contributed by atoms with E-state index in [1.54, 1.807) is 12.6 Å². The molecule has 8 heteroatoms. The van der Waals surface area contributed by atoms with Gasteiger partial charge in [0, 0.05) is 25.3 Å². The third-order valence-electron chi connectivity index (χ3n) is 6.58. The van der Waals surface area contributed by atoms with Crippen molar-refractivity contribution in [3.8, 4) is 5.75 Å². The van der Waals surface area contributed by atoms with Crippen molar-refractivity contribution in [1.29, 1.82) is 0 Å². The molecule has 3 amide bonds. The molecule has 0 unspecified atom stereocenters. The maximum Gasteiger partial charge on any atom is 0.244 e. The number of carbonyl (C=O) groups excluding carboxylic acids is 3. The third-order valence-corrected chi connectivity index (χ3v) is 6.58. The molecule has 3 rings (SSSR count). The largest absolute Gasteiger partial charge is 0.497 e. The van der Waals surface area contributed by atoms with Gasteiger partial charge in [0.2, 0.25) is 17.7 Å². The second kappa shape index (κ2) is 15.9. The summed E-state index contributed by atoms with van der Waals surface area (Å²) in [5.41, 5.74) is 4.72. The molecule has 0 bridgehead atoms. The Labute approximate surface area is 229 Å². The van der Waals surface area contributed by atoms with E-state index in [2.05, 4.69) is 10.6 Å². The first kappa shape index (κ1) is 29.4. The number of methoxy groups -OCH3 is 1. The number of amides is 3. The quantitative estimate of drug-likeness (QED) is 0.177. The lowest BCUT2D eigenvalue weighted by Crippen LogP contribution is -2.50. The van der Waals surface area contributed by atoms with Gasteiger partial charge in [0.05, 0.1) is 7.11 Å². The second-order valence-electron chi connectivity index (χ2n) is 9.45. The summed E-state index contributed by atoms with van der Waals surface area (Å²) in [6.45, 7) is 0.433. The summed E-state index contributed by atoms with van der Waals surface area (Å²) < 4.78 is 5.19. The molecule has 3 aromatic carbocycles. The van der Waals surface area contributed by atoms with Gasteiger partial charge in [0.15, 0.2) is 0 Å². The number of ether oxygens (including phenoxy) is 1. The van der Waals surface area contributed by atoms with Gasteiger partial charge in [0.1, 0.15) is 11.8 Å². The summed E-state index contributed by atoms with van der Waals surface area (Å²) in [6, 6.07) is 26.2. The van der Waals surface area contributed by atoms with E-state index in [0.29, 0.717) is 38.6 Å². The van der Waals surface area contributed by atoms with Gasteiger partial charge in [-0.25, -0.2) is 5.48 Å². The first-order valence-electron chi connectivity index (χ1n) is 13.2. The molecule has 206 valence electrons. The van der Waals surface area contributed by atoms with Crippen molar-refractivity contribution in [1.82, 2.24) is 16.1 Å². The molecule has 0 fully saturated rings. The minimum absolute atomic E-state index is 0.182. The van der Waals surface area contributed by atoms with Crippen molar-refractivity contribution < 1.29 is 24.3 Å². The number of hydrogen-bond acceptors (Lipinski definition) is 5. The van der Waals surface area contributed by atoms with Gasteiger partial charge in [-0.2, -0.15) is 0 Å². The topological polar surface area (TPSA) is 117 Å². The van der Waals surface area contributed by atoms with Crippen LogP contribution in [0.25, 0.3) is 0 Å². The molecule has 0 aliphatic carbocycles. The van der Waals surface area contributed by atoms with Crippen LogP contribution >= 0.6 is 0 Å². The van der Waals surface area contributed by atoms with Crippen molar-refractivity contribution in [2.75, 3.05) is 13.7 Å². The van der Waals surface area contributed by atoms with Crippen molar-refractivity contribution in [2.24, 2.45) is 5.92 Å². The molecule has 0 heterocycles. The summed E-state index contributed by atoms with van der Waals surface area (Å²) >= 11 is 0. The normalized spacial score (nSPS) is 12.2. The Morgan fingerprint density at radius 2 is 1.41 bits per heavy atom. The summed E-state index contributed by atoms with van der Waals surface area (Å²) in [4.78, 5) is 38.5. The molecule has 0 saturated heterocycles. The average Bonchev–Trinajstić information content (AvgIpc) is 2.97. The molecule has 8 nitrogen and oxygen atoms in total. The van der Waals surface area contributed by atoms with Crippen LogP contribution in [-0.2, 0) is 33.6 Å². The molecule has 0 spiro atoms. The smallest absolute Gasteiger partial charge is 0.244 e. The number of benzene rings is 3. The van der Waals surface area contributed by atoms with Crippen LogP contribution in [0.5, 0.6) is 5.75 Å². The zero-order valence-electron chi connectivity index (χ0n) is 22.3. The first-order valence-corrected chi connectivity index (χ1v) is 13.2. The van der Waals surface area contributed by atoms with Crippen molar-refractivity contribution in [3.63, 3.8) is 0 Å². The lowest BCUT2D eigenvalue weighted by atomic mass is 9.94. The fourth-order valence-electron chi connectivity index (χ4n) is 4.39. The second-order valence-corrected chi connectivity index (χ2v) is 9.45. The number of carbonyl (C=O) groups is 3. The molecule has 0 aliphatic heterocycles. The maximum absolute atomic E-state index is 13.4.